The molecule has 0 atom stereocenters. The zero-order valence-electron chi connectivity index (χ0n) is 42.0. The van der Waals surface area contributed by atoms with Crippen LogP contribution in [-0.2, 0) is 0 Å². The summed E-state index contributed by atoms with van der Waals surface area (Å²) in [4.78, 5) is 0. The molecular weight excluding hydrogens is 913 g/mol. The Morgan fingerprint density at radius 1 is 0.297 bits per heavy atom. The smallest absolute Gasteiger partial charge is 0.196 e. The van der Waals surface area contributed by atoms with Crippen molar-refractivity contribution in [1.29, 1.82) is 0 Å². The van der Waals surface area contributed by atoms with Crippen LogP contribution in [0.4, 0.5) is 0 Å². The van der Waals surface area contributed by atoms with Gasteiger partial charge in [-0.05, 0) is 142 Å². The molecule has 0 aromatic heterocycles. The molecule has 0 radical (unpaired) electrons. The molecule has 2 heterocycles. The summed E-state index contributed by atoms with van der Waals surface area (Å²) in [7, 11) is -3.13. The van der Waals surface area contributed by atoms with Gasteiger partial charge < -0.3 is 9.47 Å². The van der Waals surface area contributed by atoms with Gasteiger partial charge in [-0.25, -0.2) is 0 Å². The standard InChI is InChI=1S/C71H52O2Si/c1-6-27-49(28-7-1)65-66(50-29-8-2-9-30-50)68(52-33-12-4-13-34-52)70(69(53-35-14-5-15-36-53)67(65)51-31-10-3-11-32-51)55-38-24-37-54(47-55)64-56(48-25-16-17-26-48)45-46-63-71(64)73-59-41-20-23-44-62(59)74(63)60-42-21-18-39-57(60)72-58-40-19-22-43-61(58)74/h1-15,18-24,27-48H,16-17,25-26H2/i48D. The monoisotopic (exact) mass is 965 g/mol. The Balaban J connectivity index is 1.14. The van der Waals surface area contributed by atoms with Gasteiger partial charge in [0.2, 0.25) is 0 Å². The molecule has 0 saturated heterocycles. The van der Waals surface area contributed by atoms with Crippen LogP contribution in [0.15, 0.2) is 261 Å². The minimum Gasteiger partial charge on any atom is -0.458 e. The van der Waals surface area contributed by atoms with E-state index in [0.717, 1.165) is 115 Å². The Bertz CT molecular complexity index is 3780. The predicted octanol–water partition coefficient (Wildman–Crippen LogP) is 16.6. The molecule has 11 aromatic carbocycles. The van der Waals surface area contributed by atoms with E-state index in [1.165, 1.54) is 37.4 Å². The lowest BCUT2D eigenvalue weighted by molar-refractivity contribution is 0.482. The molecular formula is C71H52O2Si. The number of hydrogen-bond donors (Lipinski definition) is 0. The van der Waals surface area contributed by atoms with Crippen LogP contribution < -0.4 is 30.2 Å². The van der Waals surface area contributed by atoms with Gasteiger partial charge in [-0.15, -0.1) is 0 Å². The molecule has 0 unspecified atom stereocenters. The molecule has 352 valence electrons. The topological polar surface area (TPSA) is 18.5 Å². The Labute approximate surface area is 436 Å². The molecule has 1 saturated carbocycles. The van der Waals surface area contributed by atoms with Gasteiger partial charge in [-0.2, -0.15) is 0 Å². The van der Waals surface area contributed by atoms with Gasteiger partial charge >= 0.3 is 0 Å². The third kappa shape index (κ3) is 7.06. The third-order valence-corrected chi connectivity index (χ3v) is 20.6. The van der Waals surface area contributed by atoms with E-state index >= 15 is 0 Å². The second kappa shape index (κ2) is 18.4. The van der Waals surface area contributed by atoms with E-state index in [-0.39, 0.29) is 0 Å². The van der Waals surface area contributed by atoms with Gasteiger partial charge in [0.1, 0.15) is 23.0 Å². The van der Waals surface area contributed by atoms with Gasteiger partial charge in [-0.3, -0.25) is 0 Å². The fourth-order valence-electron chi connectivity index (χ4n) is 12.7. The third-order valence-electron chi connectivity index (χ3n) is 15.7. The van der Waals surface area contributed by atoms with Crippen molar-refractivity contribution in [2.24, 2.45) is 0 Å². The molecule has 0 N–H and O–H groups in total. The minimum absolute atomic E-state index is 0.787. The number of rotatable bonds is 8. The Kier molecular flexibility index (Phi) is 10.6. The number of para-hydroxylation sites is 3. The Hall–Kier alpha value is -8.76. The van der Waals surface area contributed by atoms with E-state index < -0.39 is 14.0 Å². The maximum absolute atomic E-state index is 10.4. The first-order valence-corrected chi connectivity index (χ1v) is 28.0. The van der Waals surface area contributed by atoms with E-state index in [2.05, 4.69) is 261 Å². The van der Waals surface area contributed by atoms with Gasteiger partial charge in [0.15, 0.2) is 8.07 Å². The lowest BCUT2D eigenvalue weighted by Gasteiger charge is -2.43. The van der Waals surface area contributed by atoms with Gasteiger partial charge in [0.05, 0.1) is 0 Å². The zero-order chi connectivity index (χ0) is 49.9. The van der Waals surface area contributed by atoms with E-state index in [4.69, 9.17) is 9.47 Å². The quantitative estimate of drug-likeness (QED) is 0.141. The molecule has 11 aromatic rings. The summed E-state index contributed by atoms with van der Waals surface area (Å²) in [6.07, 6.45) is 3.60. The van der Waals surface area contributed by atoms with Crippen LogP contribution in [0.25, 0.3) is 77.9 Å². The molecule has 74 heavy (non-hydrogen) atoms. The lowest BCUT2D eigenvalue weighted by atomic mass is 9.74. The molecule has 2 nitrogen and oxygen atoms in total. The maximum atomic E-state index is 10.4. The Morgan fingerprint density at radius 2 is 0.622 bits per heavy atom. The number of benzene rings is 11. The summed E-state index contributed by atoms with van der Waals surface area (Å²) in [6, 6.07) is 94.8. The van der Waals surface area contributed by atoms with Crippen LogP contribution >= 0.6 is 0 Å². The van der Waals surface area contributed by atoms with Crippen LogP contribution in [0.1, 0.15) is 38.5 Å². The van der Waals surface area contributed by atoms with Gasteiger partial charge in [-0.1, -0.05) is 249 Å². The average molecular weight is 966 g/mol. The van der Waals surface area contributed by atoms with E-state index in [0.29, 0.717) is 0 Å². The fraction of sp³-hybridized carbons (Fsp3) is 0.0704. The summed E-state index contributed by atoms with van der Waals surface area (Å²) >= 11 is 0. The fourth-order valence-corrected chi connectivity index (χ4v) is 17.8. The molecule has 3 heteroatoms. The largest absolute Gasteiger partial charge is 0.458 e. The molecule has 1 fully saturated rings. The summed E-state index contributed by atoms with van der Waals surface area (Å²) < 4.78 is 24.8. The van der Waals surface area contributed by atoms with Crippen LogP contribution in [0.2, 0.25) is 0 Å². The first-order chi connectivity index (χ1) is 37.1. The van der Waals surface area contributed by atoms with Crippen molar-refractivity contribution in [1.82, 2.24) is 0 Å². The molecule has 1 spiro atoms. The molecule has 0 amide bonds. The Morgan fingerprint density at radius 3 is 1.03 bits per heavy atom. The molecule has 0 bridgehead atoms. The maximum Gasteiger partial charge on any atom is 0.196 e. The highest BCUT2D eigenvalue weighted by molar-refractivity contribution is 7.21. The summed E-state index contributed by atoms with van der Waals surface area (Å²) in [5.74, 6) is 2.67. The highest BCUT2D eigenvalue weighted by Crippen LogP contribution is 2.57. The molecule has 1 aliphatic carbocycles. The van der Waals surface area contributed by atoms with Crippen molar-refractivity contribution >= 4 is 28.8 Å². The first-order valence-electron chi connectivity index (χ1n) is 26.5. The van der Waals surface area contributed by atoms with Crippen molar-refractivity contribution in [2.45, 2.75) is 31.6 Å². The van der Waals surface area contributed by atoms with Crippen LogP contribution in [0.3, 0.4) is 0 Å². The summed E-state index contributed by atoms with van der Waals surface area (Å²) in [5.41, 5.74) is 16.8. The molecule has 14 rings (SSSR count). The summed E-state index contributed by atoms with van der Waals surface area (Å²) in [5, 5.41) is 4.79. The zero-order valence-corrected chi connectivity index (χ0v) is 42.0. The first kappa shape index (κ1) is 42.9. The van der Waals surface area contributed by atoms with Crippen molar-refractivity contribution in [3.05, 3.63) is 266 Å². The highest BCUT2D eigenvalue weighted by Gasteiger charge is 2.53. The normalized spacial score (nSPS) is 14.6. The van der Waals surface area contributed by atoms with Crippen molar-refractivity contribution in [3.8, 4) is 101 Å². The van der Waals surface area contributed by atoms with Crippen LogP contribution in [0.5, 0.6) is 23.0 Å². The minimum atomic E-state index is -3.13. The second-order valence-electron chi connectivity index (χ2n) is 19.8. The van der Waals surface area contributed by atoms with Crippen molar-refractivity contribution in [2.75, 3.05) is 0 Å². The van der Waals surface area contributed by atoms with E-state index in [1.807, 2.05) is 0 Å². The SMILES string of the molecule is [2H]C1(c2ccc3c(c2-c2cccc(-c4c(-c5ccccc5)c(-c5ccccc5)c(-c5ccccc5)c(-c5ccccc5)c4-c4ccccc4)c2)Oc2ccccc2[Si]32c3ccccc3Oc3ccccc32)CCCC1. The number of hydrogen-bond acceptors (Lipinski definition) is 2. The number of ether oxygens (including phenoxy) is 2. The van der Waals surface area contributed by atoms with Crippen LogP contribution in [-0.4, -0.2) is 8.07 Å². The predicted molar refractivity (Wildman–Crippen MR) is 309 cm³/mol. The van der Waals surface area contributed by atoms with Crippen molar-refractivity contribution < 1.29 is 10.8 Å². The van der Waals surface area contributed by atoms with E-state index in [9.17, 15) is 1.37 Å². The average Bonchev–Trinajstić information content (AvgIpc) is 3.97. The van der Waals surface area contributed by atoms with Gasteiger partial charge in [0, 0.05) is 6.93 Å². The van der Waals surface area contributed by atoms with Gasteiger partial charge in [0.25, 0.3) is 0 Å². The molecule has 2 aliphatic heterocycles. The summed E-state index contributed by atoms with van der Waals surface area (Å²) in [6.45, 7) is 0. The highest BCUT2D eigenvalue weighted by atomic mass is 28.3. The van der Waals surface area contributed by atoms with Crippen molar-refractivity contribution in [3.63, 3.8) is 0 Å². The van der Waals surface area contributed by atoms with E-state index in [1.54, 1.807) is 0 Å². The second-order valence-corrected chi connectivity index (χ2v) is 23.4. The van der Waals surface area contributed by atoms with Crippen LogP contribution in [0, 0.1) is 0 Å². The number of fused-ring (bicyclic) bond motifs is 8. The lowest BCUT2D eigenvalue weighted by Crippen LogP contribution is -2.77. The molecule has 3 aliphatic rings.